The van der Waals surface area contributed by atoms with E-state index in [0.717, 1.165) is 15.6 Å². The summed E-state index contributed by atoms with van der Waals surface area (Å²) in [7, 11) is 0. The van der Waals surface area contributed by atoms with Crippen molar-refractivity contribution in [3.8, 4) is 0 Å². The number of nitrogens with one attached hydrogen (secondary N) is 1. The molecule has 1 N–H and O–H groups in total. The van der Waals surface area contributed by atoms with Crippen LogP contribution in [0.25, 0.3) is 0 Å². The van der Waals surface area contributed by atoms with Crippen LogP contribution in [-0.4, -0.2) is 5.91 Å². The summed E-state index contributed by atoms with van der Waals surface area (Å²) in [5, 5.41) is 2.77. The molecule has 0 atom stereocenters. The van der Waals surface area contributed by atoms with Gasteiger partial charge in [-0.3, -0.25) is 4.79 Å². The number of aryl methyl sites for hydroxylation is 1. The highest BCUT2D eigenvalue weighted by Crippen LogP contribution is 2.18. The Balaban J connectivity index is 2.07. The van der Waals surface area contributed by atoms with E-state index in [4.69, 9.17) is 0 Å². The molecule has 98 valence electrons. The lowest BCUT2D eigenvalue weighted by molar-refractivity contribution is 0.0950. The Labute approximate surface area is 119 Å². The van der Waals surface area contributed by atoms with E-state index in [1.807, 2.05) is 25.1 Å². The van der Waals surface area contributed by atoms with Crippen molar-refractivity contribution in [2.45, 2.75) is 13.5 Å². The van der Waals surface area contributed by atoms with Crippen molar-refractivity contribution in [2.75, 3.05) is 0 Å². The van der Waals surface area contributed by atoms with Gasteiger partial charge in [0.2, 0.25) is 0 Å². The van der Waals surface area contributed by atoms with Gasteiger partial charge in [0.05, 0.1) is 5.56 Å². The van der Waals surface area contributed by atoms with Gasteiger partial charge in [0, 0.05) is 11.0 Å². The highest BCUT2D eigenvalue weighted by atomic mass is 79.9. The second-order valence-corrected chi connectivity index (χ2v) is 5.15. The molecule has 2 nitrogen and oxygen atoms in total. The fourth-order valence-corrected chi connectivity index (χ4v) is 2.16. The summed E-state index contributed by atoms with van der Waals surface area (Å²) in [6.45, 7) is 2.23. The van der Waals surface area contributed by atoms with E-state index in [1.54, 1.807) is 12.1 Å². The summed E-state index contributed by atoms with van der Waals surface area (Å²) >= 11 is 3.35. The molecule has 0 bridgehead atoms. The molecule has 0 aliphatic heterocycles. The van der Waals surface area contributed by atoms with Gasteiger partial charge in [-0.25, -0.2) is 4.39 Å². The van der Waals surface area contributed by atoms with Crippen LogP contribution < -0.4 is 5.32 Å². The van der Waals surface area contributed by atoms with E-state index < -0.39 is 0 Å². The quantitative estimate of drug-likeness (QED) is 0.914. The third-order valence-electron chi connectivity index (χ3n) is 2.71. The number of hydrogen-bond donors (Lipinski definition) is 1. The molecule has 4 heteroatoms. The Morgan fingerprint density at radius 2 is 2.05 bits per heavy atom. The van der Waals surface area contributed by atoms with Gasteiger partial charge in [-0.2, -0.15) is 0 Å². The van der Waals surface area contributed by atoms with E-state index >= 15 is 0 Å². The van der Waals surface area contributed by atoms with Gasteiger partial charge in [-0.05, 0) is 52.7 Å². The molecule has 19 heavy (non-hydrogen) atoms. The van der Waals surface area contributed by atoms with Crippen LogP contribution in [0.1, 0.15) is 21.5 Å². The molecule has 2 aromatic rings. The number of amides is 1. The number of carbonyl (C=O) groups excluding carboxylic acids is 1. The number of benzene rings is 2. The molecule has 0 unspecified atom stereocenters. The van der Waals surface area contributed by atoms with Crippen LogP contribution in [0.3, 0.4) is 0 Å². The predicted molar refractivity (Wildman–Crippen MR) is 76.4 cm³/mol. The van der Waals surface area contributed by atoms with E-state index in [9.17, 15) is 9.18 Å². The maximum atomic E-state index is 13.0. The molecule has 0 radical (unpaired) electrons. The van der Waals surface area contributed by atoms with Crippen molar-refractivity contribution < 1.29 is 9.18 Å². The first-order chi connectivity index (χ1) is 9.06. The molecule has 1 amide bonds. The third-order valence-corrected chi connectivity index (χ3v) is 3.40. The number of hydrogen-bond acceptors (Lipinski definition) is 1. The Morgan fingerprint density at radius 3 is 2.79 bits per heavy atom. The van der Waals surface area contributed by atoms with Gasteiger partial charge in [-0.1, -0.05) is 23.8 Å². The fourth-order valence-electron chi connectivity index (χ4n) is 1.74. The Kier molecular flexibility index (Phi) is 4.32. The molecule has 0 saturated heterocycles. The van der Waals surface area contributed by atoms with Gasteiger partial charge in [0.15, 0.2) is 0 Å². The second kappa shape index (κ2) is 5.97. The molecule has 0 saturated carbocycles. The molecule has 0 aliphatic rings. The van der Waals surface area contributed by atoms with Gasteiger partial charge < -0.3 is 5.32 Å². The highest BCUT2D eigenvalue weighted by molar-refractivity contribution is 9.10. The Morgan fingerprint density at radius 1 is 1.26 bits per heavy atom. The molecule has 0 heterocycles. The summed E-state index contributed by atoms with van der Waals surface area (Å²) in [5.41, 5.74) is 2.33. The monoisotopic (exact) mass is 321 g/mol. The maximum absolute atomic E-state index is 13.0. The molecule has 2 rings (SSSR count). The lowest BCUT2D eigenvalue weighted by atomic mass is 10.1. The van der Waals surface area contributed by atoms with Crippen LogP contribution >= 0.6 is 15.9 Å². The number of carbonyl (C=O) groups is 1. The summed E-state index contributed by atoms with van der Waals surface area (Å²) in [6, 6.07) is 11.8. The number of rotatable bonds is 3. The minimum atomic E-state index is -0.302. The average molecular weight is 322 g/mol. The van der Waals surface area contributed by atoms with Crippen molar-refractivity contribution in [3.05, 3.63) is 69.4 Å². The molecular formula is C15H13BrFNO. The first kappa shape index (κ1) is 13.7. The minimum Gasteiger partial charge on any atom is -0.348 e. The Hall–Kier alpha value is -1.68. The first-order valence-corrected chi connectivity index (χ1v) is 6.64. The lowest BCUT2D eigenvalue weighted by Gasteiger charge is -2.08. The fraction of sp³-hybridized carbons (Fsp3) is 0.133. The average Bonchev–Trinajstić information content (AvgIpc) is 2.39. The zero-order valence-electron chi connectivity index (χ0n) is 10.4. The van der Waals surface area contributed by atoms with E-state index in [-0.39, 0.29) is 11.7 Å². The standard InChI is InChI=1S/C15H13BrFNO/c1-10-5-6-14(16)13(7-10)15(19)18-9-11-3-2-4-12(17)8-11/h2-8H,9H2,1H3,(H,18,19). The molecular weight excluding hydrogens is 309 g/mol. The molecule has 0 aromatic heterocycles. The second-order valence-electron chi connectivity index (χ2n) is 4.30. The van der Waals surface area contributed by atoms with Gasteiger partial charge >= 0.3 is 0 Å². The van der Waals surface area contributed by atoms with E-state index in [1.165, 1.54) is 12.1 Å². The molecule has 2 aromatic carbocycles. The van der Waals surface area contributed by atoms with Crippen LogP contribution in [0.5, 0.6) is 0 Å². The van der Waals surface area contributed by atoms with E-state index in [0.29, 0.717) is 12.1 Å². The molecule has 0 aliphatic carbocycles. The zero-order valence-corrected chi connectivity index (χ0v) is 12.0. The molecule has 0 fully saturated rings. The smallest absolute Gasteiger partial charge is 0.252 e. The summed E-state index contributed by atoms with van der Waals surface area (Å²) < 4.78 is 13.8. The van der Waals surface area contributed by atoms with E-state index in [2.05, 4.69) is 21.2 Å². The van der Waals surface area contributed by atoms with Crippen molar-refractivity contribution in [1.82, 2.24) is 5.32 Å². The van der Waals surface area contributed by atoms with Crippen molar-refractivity contribution in [1.29, 1.82) is 0 Å². The highest BCUT2D eigenvalue weighted by Gasteiger charge is 2.09. The van der Waals surface area contributed by atoms with Crippen molar-refractivity contribution in [2.24, 2.45) is 0 Å². The topological polar surface area (TPSA) is 29.1 Å². The van der Waals surface area contributed by atoms with Crippen molar-refractivity contribution in [3.63, 3.8) is 0 Å². The van der Waals surface area contributed by atoms with Gasteiger partial charge in [0.25, 0.3) is 5.91 Å². The van der Waals surface area contributed by atoms with Crippen LogP contribution in [0.2, 0.25) is 0 Å². The van der Waals surface area contributed by atoms with Crippen LogP contribution in [-0.2, 0) is 6.54 Å². The minimum absolute atomic E-state index is 0.181. The van der Waals surface area contributed by atoms with Crippen LogP contribution in [0.15, 0.2) is 46.9 Å². The Bertz CT molecular complexity index is 613. The zero-order chi connectivity index (χ0) is 13.8. The third kappa shape index (κ3) is 3.64. The SMILES string of the molecule is Cc1ccc(Br)c(C(=O)NCc2cccc(F)c2)c1. The molecule has 0 spiro atoms. The normalized spacial score (nSPS) is 10.3. The van der Waals surface area contributed by atoms with Crippen LogP contribution in [0.4, 0.5) is 4.39 Å². The van der Waals surface area contributed by atoms with Gasteiger partial charge in [0.1, 0.15) is 5.82 Å². The summed E-state index contributed by atoms with van der Waals surface area (Å²) in [6.07, 6.45) is 0. The first-order valence-electron chi connectivity index (χ1n) is 5.85. The maximum Gasteiger partial charge on any atom is 0.252 e. The summed E-state index contributed by atoms with van der Waals surface area (Å²) in [5.74, 6) is -0.483. The number of halogens is 2. The van der Waals surface area contributed by atoms with Gasteiger partial charge in [-0.15, -0.1) is 0 Å². The largest absolute Gasteiger partial charge is 0.348 e. The van der Waals surface area contributed by atoms with Crippen molar-refractivity contribution >= 4 is 21.8 Å². The summed E-state index contributed by atoms with van der Waals surface area (Å²) in [4.78, 5) is 12.0. The predicted octanol–water partition coefficient (Wildman–Crippen LogP) is 3.83. The lowest BCUT2D eigenvalue weighted by Crippen LogP contribution is -2.23. The van der Waals surface area contributed by atoms with Crippen LogP contribution in [0, 0.1) is 12.7 Å².